The second kappa shape index (κ2) is 10.4. The van der Waals surface area contributed by atoms with Crippen LogP contribution in [0, 0.1) is 11.8 Å². The van der Waals surface area contributed by atoms with Crippen molar-refractivity contribution in [3.8, 4) is 0 Å². The maximum Gasteiger partial charge on any atom is 0.262 e. The van der Waals surface area contributed by atoms with Crippen molar-refractivity contribution in [1.82, 2.24) is 15.1 Å². The number of amides is 3. The first kappa shape index (κ1) is 22.8. The maximum atomic E-state index is 13.5. The first-order valence-electron chi connectivity index (χ1n) is 11.3. The first-order chi connectivity index (χ1) is 14.4. The van der Waals surface area contributed by atoms with Crippen LogP contribution in [0.2, 0.25) is 0 Å². The van der Waals surface area contributed by atoms with Gasteiger partial charge >= 0.3 is 0 Å². The lowest BCUT2D eigenvalue weighted by molar-refractivity contribution is -0.139. The second-order valence-electron chi connectivity index (χ2n) is 9.12. The molecule has 0 spiro atoms. The lowest BCUT2D eigenvalue weighted by Crippen LogP contribution is -2.57. The van der Waals surface area contributed by atoms with Crippen molar-refractivity contribution in [2.45, 2.75) is 71.4 Å². The van der Waals surface area contributed by atoms with Crippen LogP contribution in [-0.2, 0) is 9.59 Å². The number of piperidine rings is 2. The lowest BCUT2D eigenvalue weighted by atomic mass is 9.87. The number of hydrogen-bond donors (Lipinski definition) is 1. The Morgan fingerprint density at radius 2 is 1.87 bits per heavy atom. The molecule has 0 aliphatic carbocycles. The van der Waals surface area contributed by atoms with Gasteiger partial charge in [-0.2, -0.15) is 0 Å². The third-order valence-electron chi connectivity index (χ3n) is 6.33. The van der Waals surface area contributed by atoms with Crippen molar-refractivity contribution in [3.63, 3.8) is 0 Å². The highest BCUT2D eigenvalue weighted by molar-refractivity contribution is 7.12. The molecule has 6 nitrogen and oxygen atoms in total. The summed E-state index contributed by atoms with van der Waals surface area (Å²) >= 11 is 1.39. The van der Waals surface area contributed by atoms with Crippen LogP contribution in [0.15, 0.2) is 17.5 Å². The number of thiophene rings is 1. The van der Waals surface area contributed by atoms with Gasteiger partial charge in [-0.25, -0.2) is 0 Å². The molecule has 2 aliphatic rings. The van der Waals surface area contributed by atoms with Gasteiger partial charge in [0.15, 0.2) is 0 Å². The number of nitrogens with one attached hydrogen (secondary N) is 1. The predicted molar refractivity (Wildman–Crippen MR) is 119 cm³/mol. The summed E-state index contributed by atoms with van der Waals surface area (Å²) in [4.78, 5) is 43.2. The molecule has 1 aromatic heterocycles. The zero-order valence-electron chi connectivity index (χ0n) is 18.4. The normalized spacial score (nSPS) is 21.5. The molecule has 1 N–H and O–H groups in total. The fraction of sp³-hybridized carbons (Fsp3) is 0.696. The van der Waals surface area contributed by atoms with Gasteiger partial charge in [-0.05, 0) is 62.3 Å². The third kappa shape index (κ3) is 5.62. The van der Waals surface area contributed by atoms with Gasteiger partial charge in [-0.1, -0.05) is 19.9 Å². The highest BCUT2D eigenvalue weighted by Gasteiger charge is 2.38. The lowest BCUT2D eigenvalue weighted by Gasteiger charge is -2.40. The predicted octanol–water partition coefficient (Wildman–Crippen LogP) is 3.53. The summed E-state index contributed by atoms with van der Waals surface area (Å²) in [6.07, 6.45) is 5.23. The molecule has 0 saturated carbocycles. The van der Waals surface area contributed by atoms with Crippen molar-refractivity contribution in [2.75, 3.05) is 19.6 Å². The van der Waals surface area contributed by atoms with Crippen molar-refractivity contribution in [3.05, 3.63) is 22.4 Å². The van der Waals surface area contributed by atoms with E-state index in [-0.39, 0.29) is 29.7 Å². The van der Waals surface area contributed by atoms with E-state index in [0.717, 1.165) is 38.6 Å². The van der Waals surface area contributed by atoms with Gasteiger partial charge in [0.1, 0.15) is 6.04 Å². The summed E-state index contributed by atoms with van der Waals surface area (Å²) in [5.41, 5.74) is 0. The van der Waals surface area contributed by atoms with E-state index in [4.69, 9.17) is 0 Å². The van der Waals surface area contributed by atoms with E-state index in [9.17, 15) is 14.4 Å². The van der Waals surface area contributed by atoms with Crippen molar-refractivity contribution < 1.29 is 14.4 Å². The second-order valence-corrected chi connectivity index (χ2v) is 10.1. The van der Waals surface area contributed by atoms with Crippen LogP contribution in [0.5, 0.6) is 0 Å². The SMILES string of the molecule is CC(C)CC(=O)N1CCC([C@@H](NC(=O)c2cccs2)C(=O)N2CCCC[C@@H]2C)CC1. The van der Waals surface area contributed by atoms with Crippen molar-refractivity contribution in [2.24, 2.45) is 11.8 Å². The fourth-order valence-electron chi connectivity index (χ4n) is 4.57. The largest absolute Gasteiger partial charge is 0.343 e. The van der Waals surface area contributed by atoms with Crippen LogP contribution in [0.4, 0.5) is 0 Å². The Hall–Kier alpha value is -1.89. The minimum Gasteiger partial charge on any atom is -0.343 e. The summed E-state index contributed by atoms with van der Waals surface area (Å²) in [6, 6.07) is 3.32. The van der Waals surface area contributed by atoms with E-state index < -0.39 is 6.04 Å². The Bertz CT molecular complexity index is 726. The zero-order valence-corrected chi connectivity index (χ0v) is 19.2. The number of rotatable bonds is 6. The number of likely N-dealkylation sites (tertiary alicyclic amines) is 2. The van der Waals surface area contributed by atoms with Gasteiger partial charge in [0, 0.05) is 32.1 Å². The molecule has 2 fully saturated rings. The molecule has 3 heterocycles. The summed E-state index contributed by atoms with van der Waals surface area (Å²) in [5.74, 6) is 0.456. The molecule has 0 radical (unpaired) electrons. The third-order valence-corrected chi connectivity index (χ3v) is 7.20. The van der Waals surface area contributed by atoms with Gasteiger partial charge in [0.25, 0.3) is 5.91 Å². The van der Waals surface area contributed by atoms with E-state index in [1.165, 1.54) is 11.3 Å². The van der Waals surface area contributed by atoms with E-state index in [1.54, 1.807) is 6.07 Å². The minimum atomic E-state index is -0.525. The van der Waals surface area contributed by atoms with Gasteiger partial charge in [0.2, 0.25) is 11.8 Å². The van der Waals surface area contributed by atoms with E-state index in [0.29, 0.717) is 30.3 Å². The Balaban J connectivity index is 1.70. The number of hydrogen-bond acceptors (Lipinski definition) is 4. The molecule has 3 rings (SSSR count). The summed E-state index contributed by atoms with van der Waals surface area (Å²) in [6.45, 7) is 8.28. The number of nitrogens with zero attached hydrogens (tertiary/aromatic N) is 2. The minimum absolute atomic E-state index is 0.0408. The van der Waals surface area contributed by atoms with Crippen LogP contribution in [0.3, 0.4) is 0 Å². The average molecular weight is 434 g/mol. The molecule has 30 heavy (non-hydrogen) atoms. The van der Waals surface area contributed by atoms with Crippen LogP contribution in [-0.4, -0.2) is 59.2 Å². The first-order valence-corrected chi connectivity index (χ1v) is 12.2. The molecule has 2 atom stereocenters. The molecule has 2 aliphatic heterocycles. The van der Waals surface area contributed by atoms with Gasteiger partial charge < -0.3 is 15.1 Å². The average Bonchev–Trinajstić information content (AvgIpc) is 3.26. The van der Waals surface area contributed by atoms with Crippen LogP contribution >= 0.6 is 11.3 Å². The molecule has 0 unspecified atom stereocenters. The highest BCUT2D eigenvalue weighted by atomic mass is 32.1. The Labute approximate surface area is 184 Å². The Morgan fingerprint density at radius 3 is 2.47 bits per heavy atom. The summed E-state index contributed by atoms with van der Waals surface area (Å²) in [7, 11) is 0. The molecule has 1 aromatic rings. The van der Waals surface area contributed by atoms with E-state index in [1.807, 2.05) is 21.2 Å². The molecule has 2 saturated heterocycles. The maximum absolute atomic E-state index is 13.5. The molecule has 3 amide bonds. The highest BCUT2D eigenvalue weighted by Crippen LogP contribution is 2.26. The smallest absolute Gasteiger partial charge is 0.262 e. The summed E-state index contributed by atoms with van der Waals surface area (Å²) in [5, 5.41) is 4.93. The molecule has 166 valence electrons. The van der Waals surface area contributed by atoms with E-state index >= 15 is 0 Å². The van der Waals surface area contributed by atoms with Crippen LogP contribution in [0.1, 0.15) is 69.0 Å². The van der Waals surface area contributed by atoms with Crippen molar-refractivity contribution in [1.29, 1.82) is 0 Å². The van der Waals surface area contributed by atoms with Gasteiger partial charge in [-0.15, -0.1) is 11.3 Å². The molecular weight excluding hydrogens is 398 g/mol. The zero-order chi connectivity index (χ0) is 21.7. The number of carbonyl (C=O) groups excluding carboxylic acids is 3. The quantitative estimate of drug-likeness (QED) is 0.746. The summed E-state index contributed by atoms with van der Waals surface area (Å²) < 4.78 is 0. The molecule has 7 heteroatoms. The fourth-order valence-corrected chi connectivity index (χ4v) is 5.19. The Morgan fingerprint density at radius 1 is 1.13 bits per heavy atom. The molecular formula is C23H35N3O3S. The van der Waals surface area contributed by atoms with Gasteiger partial charge in [0.05, 0.1) is 4.88 Å². The number of carbonyl (C=O) groups is 3. The topological polar surface area (TPSA) is 69.7 Å². The van der Waals surface area contributed by atoms with Crippen LogP contribution < -0.4 is 5.32 Å². The van der Waals surface area contributed by atoms with E-state index in [2.05, 4.69) is 26.1 Å². The molecule has 0 bridgehead atoms. The van der Waals surface area contributed by atoms with Gasteiger partial charge in [-0.3, -0.25) is 14.4 Å². The molecule has 0 aromatic carbocycles. The monoisotopic (exact) mass is 433 g/mol. The standard InChI is InChI=1S/C23H35N3O3S/c1-16(2)15-20(27)25-12-9-18(10-13-25)21(24-22(28)19-8-6-14-30-19)23(29)26-11-5-4-7-17(26)3/h6,8,14,16-18,21H,4-5,7,9-13,15H2,1-3H3,(H,24,28)/t17-,21+/m0/s1. The van der Waals surface area contributed by atoms with Crippen LogP contribution in [0.25, 0.3) is 0 Å². The van der Waals surface area contributed by atoms with Crippen molar-refractivity contribution >= 4 is 29.1 Å². The Kier molecular flexibility index (Phi) is 7.92.